The molecule has 1 aromatic heterocycles. The number of rotatable bonds is 2. The van der Waals surface area contributed by atoms with Gasteiger partial charge in [-0.1, -0.05) is 63.1 Å². The Morgan fingerprint density at radius 1 is 1.08 bits per heavy atom. The molecule has 2 aromatic carbocycles. The first kappa shape index (κ1) is 15.4. The molecule has 0 saturated heterocycles. The van der Waals surface area contributed by atoms with Crippen LogP contribution in [0.4, 0.5) is 0 Å². The van der Waals surface area contributed by atoms with E-state index in [0.717, 1.165) is 22.0 Å². The number of halogens is 1. The molecule has 6 heteroatoms. The molecule has 0 saturated carbocycles. The van der Waals surface area contributed by atoms with Crippen molar-refractivity contribution in [1.82, 2.24) is 5.27 Å². The van der Waals surface area contributed by atoms with Gasteiger partial charge in [-0.15, -0.1) is 0 Å². The van der Waals surface area contributed by atoms with Crippen LogP contribution in [0.25, 0.3) is 0 Å². The Bertz CT molecular complexity index is 850. The summed E-state index contributed by atoms with van der Waals surface area (Å²) in [5.41, 5.74) is 2.42. The van der Waals surface area contributed by atoms with Crippen molar-refractivity contribution in [3.63, 3.8) is 0 Å². The van der Waals surface area contributed by atoms with Gasteiger partial charge in [0.15, 0.2) is 18.6 Å². The lowest BCUT2D eigenvalue weighted by Gasteiger charge is -2.20. The monoisotopic (exact) mass is 386 g/mol. The topological polar surface area (TPSA) is 62.2 Å². The third kappa shape index (κ3) is 2.83. The maximum Gasteiger partial charge on any atom is 0.266 e. The molecule has 4 rings (SSSR count). The van der Waals surface area contributed by atoms with Crippen molar-refractivity contribution in [2.24, 2.45) is 0 Å². The zero-order valence-electron chi connectivity index (χ0n) is 12.8. The lowest BCUT2D eigenvalue weighted by atomic mass is 10.0. The van der Waals surface area contributed by atoms with Crippen molar-refractivity contribution < 1.29 is 19.0 Å². The third-order valence-corrected chi connectivity index (χ3v) is 4.68. The fraction of sp³-hybridized carbons (Fsp3) is 0.222. The smallest absolute Gasteiger partial charge is 0.266 e. The molecular formula is C18H15BrN2O3. The van der Waals surface area contributed by atoms with Crippen LogP contribution in [-0.4, -0.2) is 5.27 Å². The van der Waals surface area contributed by atoms with E-state index in [1.54, 1.807) is 4.68 Å². The Morgan fingerprint density at radius 2 is 1.88 bits per heavy atom. The predicted molar refractivity (Wildman–Crippen MR) is 87.0 cm³/mol. The number of nitrogens with zero attached hydrogens (tertiary/aromatic N) is 2. The standard InChI is InChI=1S/C18H15BrN2O3/c19-14-8-4-7-13(11-14)17-16-18(22)24-20-21(16)10-9-15(23-17)12-5-2-1-3-6-12/h1-8,11,15,17H,9-10H2/t15-,17-/m0/s1. The Hall–Kier alpha value is -2.18. The summed E-state index contributed by atoms with van der Waals surface area (Å²) < 4.78 is 13.8. The van der Waals surface area contributed by atoms with Crippen molar-refractivity contribution in [2.45, 2.75) is 25.2 Å². The highest BCUT2D eigenvalue weighted by Gasteiger charge is 2.36. The average Bonchev–Trinajstić information content (AvgIpc) is 2.86. The quantitative estimate of drug-likeness (QED) is 0.635. The zero-order chi connectivity index (χ0) is 16.5. The van der Waals surface area contributed by atoms with Crippen LogP contribution in [0.2, 0.25) is 0 Å². The number of benzene rings is 2. The molecule has 0 spiro atoms. The second kappa shape index (κ2) is 6.37. The maximum absolute atomic E-state index is 12.2. The van der Waals surface area contributed by atoms with E-state index in [4.69, 9.17) is 9.26 Å². The molecule has 0 fully saturated rings. The molecule has 3 aromatic rings. The van der Waals surface area contributed by atoms with E-state index in [-0.39, 0.29) is 6.10 Å². The summed E-state index contributed by atoms with van der Waals surface area (Å²) in [5.74, 6) is -0.450. The minimum absolute atomic E-state index is 0.115. The van der Waals surface area contributed by atoms with Gasteiger partial charge in [-0.3, -0.25) is 0 Å². The van der Waals surface area contributed by atoms with E-state index < -0.39 is 12.1 Å². The molecule has 2 atom stereocenters. The van der Waals surface area contributed by atoms with Gasteiger partial charge in [0.05, 0.1) is 11.4 Å². The van der Waals surface area contributed by atoms with E-state index >= 15 is 0 Å². The molecule has 1 aliphatic heterocycles. The predicted octanol–water partition coefficient (Wildman–Crippen LogP) is 3.05. The lowest BCUT2D eigenvalue weighted by molar-refractivity contribution is -0.768. The minimum atomic E-state index is -0.519. The minimum Gasteiger partial charge on any atom is -0.539 e. The Morgan fingerprint density at radius 3 is 2.67 bits per heavy atom. The molecule has 0 N–H and O–H groups in total. The van der Waals surface area contributed by atoms with E-state index in [1.165, 1.54) is 0 Å². The summed E-state index contributed by atoms with van der Waals surface area (Å²) >= 11 is 3.48. The lowest BCUT2D eigenvalue weighted by Crippen LogP contribution is -2.39. The van der Waals surface area contributed by atoms with Gasteiger partial charge < -0.3 is 14.4 Å². The van der Waals surface area contributed by atoms with E-state index in [1.807, 2.05) is 54.6 Å². The number of aryl methyl sites for hydroxylation is 1. The molecule has 122 valence electrons. The first-order chi connectivity index (χ1) is 11.7. The van der Waals surface area contributed by atoms with Crippen molar-refractivity contribution in [3.8, 4) is 5.95 Å². The number of aromatic nitrogens is 2. The number of hydrogen-bond acceptors (Lipinski definition) is 4. The van der Waals surface area contributed by atoms with Crippen molar-refractivity contribution in [3.05, 3.63) is 75.9 Å². The Labute approximate surface area is 147 Å². The van der Waals surface area contributed by atoms with Crippen LogP contribution in [0.1, 0.15) is 35.4 Å². The normalized spacial score (nSPS) is 20.4. The maximum atomic E-state index is 12.2. The van der Waals surface area contributed by atoms with Gasteiger partial charge in [-0.2, -0.15) is 0 Å². The first-order valence-corrected chi connectivity index (χ1v) is 8.54. The number of ether oxygens (including phenoxy) is 1. The highest BCUT2D eigenvalue weighted by molar-refractivity contribution is 9.10. The van der Waals surface area contributed by atoms with Gasteiger partial charge >= 0.3 is 0 Å². The molecule has 5 nitrogen and oxygen atoms in total. The van der Waals surface area contributed by atoms with Crippen LogP contribution < -0.4 is 9.79 Å². The summed E-state index contributed by atoms with van der Waals surface area (Å²) in [6.45, 7) is 0.575. The van der Waals surface area contributed by atoms with Crippen molar-refractivity contribution in [1.29, 1.82) is 0 Å². The van der Waals surface area contributed by atoms with Crippen molar-refractivity contribution in [2.75, 3.05) is 0 Å². The summed E-state index contributed by atoms with van der Waals surface area (Å²) in [5, 5.41) is 16.1. The van der Waals surface area contributed by atoms with Gasteiger partial charge in [-0.05, 0) is 23.3 Å². The molecule has 0 aliphatic carbocycles. The highest BCUT2D eigenvalue weighted by atomic mass is 79.9. The van der Waals surface area contributed by atoms with Crippen LogP contribution in [0, 0.1) is 0 Å². The van der Waals surface area contributed by atoms with Crippen LogP contribution in [0.15, 0.2) is 63.6 Å². The van der Waals surface area contributed by atoms with Crippen LogP contribution >= 0.6 is 15.9 Å². The summed E-state index contributed by atoms with van der Waals surface area (Å²) in [7, 11) is 0. The second-order valence-electron chi connectivity index (χ2n) is 5.73. The van der Waals surface area contributed by atoms with E-state index in [2.05, 4.69) is 21.2 Å². The summed E-state index contributed by atoms with van der Waals surface area (Å²) in [6.07, 6.45) is 0.0864. The molecule has 0 bridgehead atoms. The SMILES string of the molecule is [O-]c1on[n+]2c1[C@H](c1cccc(Br)c1)O[C@H](c1ccccc1)CC2. The zero-order valence-corrected chi connectivity index (χ0v) is 14.3. The Kier molecular flexibility index (Phi) is 4.08. The van der Waals surface area contributed by atoms with Crippen LogP contribution in [0.3, 0.4) is 0 Å². The molecule has 0 amide bonds. The molecular weight excluding hydrogens is 372 g/mol. The van der Waals surface area contributed by atoms with Gasteiger partial charge in [0.2, 0.25) is 0 Å². The van der Waals surface area contributed by atoms with Crippen LogP contribution in [0.5, 0.6) is 5.95 Å². The van der Waals surface area contributed by atoms with Gasteiger partial charge in [-0.25, -0.2) is 0 Å². The fourth-order valence-corrected chi connectivity index (χ4v) is 3.46. The second-order valence-corrected chi connectivity index (χ2v) is 6.64. The average molecular weight is 387 g/mol. The van der Waals surface area contributed by atoms with Gasteiger partial charge in [0.25, 0.3) is 5.69 Å². The summed E-state index contributed by atoms with van der Waals surface area (Å²) in [4.78, 5) is 0. The van der Waals surface area contributed by atoms with Gasteiger partial charge in [0.1, 0.15) is 0 Å². The molecule has 0 unspecified atom stereocenters. The fourth-order valence-electron chi connectivity index (χ4n) is 3.04. The van der Waals surface area contributed by atoms with E-state index in [0.29, 0.717) is 12.2 Å². The number of fused-ring (bicyclic) bond motifs is 1. The van der Waals surface area contributed by atoms with Crippen molar-refractivity contribution >= 4 is 15.9 Å². The Balaban J connectivity index is 1.78. The highest BCUT2D eigenvalue weighted by Crippen LogP contribution is 2.37. The molecule has 24 heavy (non-hydrogen) atoms. The first-order valence-electron chi connectivity index (χ1n) is 7.75. The summed E-state index contributed by atoms with van der Waals surface area (Å²) in [6, 6.07) is 17.8. The molecule has 2 heterocycles. The molecule has 1 aliphatic rings. The van der Waals surface area contributed by atoms with E-state index in [9.17, 15) is 5.11 Å². The molecule has 0 radical (unpaired) electrons. The number of hydrogen-bond donors (Lipinski definition) is 0. The van der Waals surface area contributed by atoms with Crippen LogP contribution in [-0.2, 0) is 11.3 Å². The third-order valence-electron chi connectivity index (χ3n) is 4.18. The van der Waals surface area contributed by atoms with Gasteiger partial charge in [0, 0.05) is 10.9 Å². The largest absolute Gasteiger partial charge is 0.539 e.